The van der Waals surface area contributed by atoms with Crippen LogP contribution in [-0.2, 0) is 0 Å². The quantitative estimate of drug-likeness (QED) is 0.452. The van der Waals surface area contributed by atoms with Crippen LogP contribution in [0.5, 0.6) is 0 Å². The third-order valence-corrected chi connectivity index (χ3v) is 6.92. The lowest BCUT2D eigenvalue weighted by Crippen LogP contribution is -2.50. The fourth-order valence-corrected chi connectivity index (χ4v) is 5.20. The highest BCUT2D eigenvalue weighted by atomic mass is 35.5. The molecule has 2 aromatic carbocycles. The number of nitrogens with zero attached hydrogens (tertiary/aromatic N) is 6. The molecule has 9 heteroatoms. The zero-order valence-electron chi connectivity index (χ0n) is 18.2. The number of benzene rings is 2. The Bertz CT molecular complexity index is 1330. The maximum Gasteiger partial charge on any atom is 0.298 e. The molecule has 3 saturated heterocycles. The Hall–Kier alpha value is -3.39. The lowest BCUT2D eigenvalue weighted by molar-refractivity contribution is 0.0611. The second kappa shape index (κ2) is 7.88. The summed E-state index contributed by atoms with van der Waals surface area (Å²) in [7, 11) is 0. The van der Waals surface area contributed by atoms with Crippen LogP contribution in [0.1, 0.15) is 35.2 Å². The van der Waals surface area contributed by atoms with E-state index in [2.05, 4.69) is 15.1 Å². The first-order valence-electron chi connectivity index (χ1n) is 11.2. The van der Waals surface area contributed by atoms with Crippen molar-refractivity contribution in [3.63, 3.8) is 0 Å². The van der Waals surface area contributed by atoms with Crippen molar-refractivity contribution in [1.82, 2.24) is 24.9 Å². The number of fused-ring (bicyclic) bond motifs is 5. The van der Waals surface area contributed by atoms with Gasteiger partial charge in [-0.3, -0.25) is 4.79 Å². The minimum atomic E-state index is 0.0203. The van der Waals surface area contributed by atoms with E-state index in [0.717, 1.165) is 42.5 Å². The van der Waals surface area contributed by atoms with Gasteiger partial charge in [0.15, 0.2) is 5.58 Å². The van der Waals surface area contributed by atoms with Gasteiger partial charge >= 0.3 is 0 Å². The van der Waals surface area contributed by atoms with E-state index in [4.69, 9.17) is 21.0 Å². The van der Waals surface area contributed by atoms with Crippen molar-refractivity contribution in [3.8, 4) is 5.69 Å². The normalized spacial score (nSPS) is 20.4. The Labute approximate surface area is 195 Å². The van der Waals surface area contributed by atoms with Gasteiger partial charge in [0.05, 0.1) is 29.7 Å². The molecule has 2 aromatic heterocycles. The molecule has 2 atom stereocenters. The molecule has 0 N–H and O–H groups in total. The number of aryl methyl sites for hydroxylation is 1. The molecule has 7 rings (SSSR count). The van der Waals surface area contributed by atoms with E-state index in [1.807, 2.05) is 42.2 Å². The predicted octanol–water partition coefficient (Wildman–Crippen LogP) is 4.25. The molecule has 3 fully saturated rings. The number of rotatable bonds is 3. The second-order valence-corrected chi connectivity index (χ2v) is 9.21. The number of anilines is 1. The molecule has 0 radical (unpaired) electrons. The number of hydrogen-bond acceptors (Lipinski definition) is 6. The van der Waals surface area contributed by atoms with E-state index in [1.54, 1.807) is 18.5 Å². The SMILES string of the molecule is Cc1ccc(-n2nccn2)c(C(=O)N2C[C@@H]3CC[C@H]2CCN3c2nc3cc(Cl)ccc3o2)c1. The lowest BCUT2D eigenvalue weighted by Gasteiger charge is -2.38. The van der Waals surface area contributed by atoms with Crippen LogP contribution >= 0.6 is 11.6 Å². The number of piperidine rings is 1. The topological polar surface area (TPSA) is 80.3 Å². The van der Waals surface area contributed by atoms with Crippen molar-refractivity contribution < 1.29 is 9.21 Å². The smallest absolute Gasteiger partial charge is 0.298 e. The number of aromatic nitrogens is 4. The zero-order chi connectivity index (χ0) is 22.5. The number of amides is 1. The van der Waals surface area contributed by atoms with Gasteiger partial charge in [0, 0.05) is 24.2 Å². The van der Waals surface area contributed by atoms with Crippen LogP contribution in [0.25, 0.3) is 16.8 Å². The molecule has 33 heavy (non-hydrogen) atoms. The molecule has 0 saturated carbocycles. The van der Waals surface area contributed by atoms with Crippen molar-refractivity contribution in [1.29, 1.82) is 0 Å². The first-order chi connectivity index (χ1) is 16.1. The van der Waals surface area contributed by atoms with Gasteiger partial charge in [-0.25, -0.2) is 0 Å². The molecular formula is C24H23ClN6O2. The number of carbonyl (C=O) groups is 1. The molecule has 0 aliphatic carbocycles. The first-order valence-corrected chi connectivity index (χ1v) is 11.6. The van der Waals surface area contributed by atoms with E-state index in [-0.39, 0.29) is 18.0 Å². The minimum absolute atomic E-state index is 0.0203. The molecule has 3 aliphatic heterocycles. The van der Waals surface area contributed by atoms with Crippen molar-refractivity contribution in [2.24, 2.45) is 0 Å². The van der Waals surface area contributed by atoms with Crippen LogP contribution in [0, 0.1) is 6.92 Å². The van der Waals surface area contributed by atoms with E-state index in [9.17, 15) is 4.79 Å². The van der Waals surface area contributed by atoms with Crippen LogP contribution in [0.4, 0.5) is 6.01 Å². The summed E-state index contributed by atoms with van der Waals surface area (Å²) in [5, 5.41) is 9.13. The van der Waals surface area contributed by atoms with Crippen molar-refractivity contribution >= 4 is 34.6 Å². The maximum atomic E-state index is 13.8. The first kappa shape index (κ1) is 20.2. The number of halogens is 1. The highest BCUT2D eigenvalue weighted by Gasteiger charge is 2.40. The summed E-state index contributed by atoms with van der Waals surface area (Å²) in [6.45, 7) is 3.41. The average molecular weight is 463 g/mol. The van der Waals surface area contributed by atoms with Gasteiger partial charge in [0.1, 0.15) is 5.52 Å². The Morgan fingerprint density at radius 1 is 1.06 bits per heavy atom. The van der Waals surface area contributed by atoms with Crippen LogP contribution in [0.15, 0.2) is 53.2 Å². The minimum Gasteiger partial charge on any atom is -0.423 e. The molecule has 3 aliphatic rings. The predicted molar refractivity (Wildman–Crippen MR) is 125 cm³/mol. The molecule has 8 nitrogen and oxygen atoms in total. The van der Waals surface area contributed by atoms with E-state index < -0.39 is 0 Å². The number of hydrogen-bond donors (Lipinski definition) is 0. The molecule has 0 unspecified atom stereocenters. The van der Waals surface area contributed by atoms with Gasteiger partial charge in [-0.2, -0.15) is 20.0 Å². The Morgan fingerprint density at radius 3 is 2.73 bits per heavy atom. The van der Waals surface area contributed by atoms with Crippen LogP contribution in [-0.4, -0.2) is 56.0 Å². The summed E-state index contributed by atoms with van der Waals surface area (Å²) in [5.41, 5.74) is 3.82. The molecule has 1 amide bonds. The number of carbonyl (C=O) groups excluding carboxylic acids is 1. The second-order valence-electron chi connectivity index (χ2n) is 8.77. The van der Waals surface area contributed by atoms with Crippen molar-refractivity contribution in [3.05, 3.63) is 64.9 Å². The lowest BCUT2D eigenvalue weighted by atomic mass is 9.97. The monoisotopic (exact) mass is 462 g/mol. The molecule has 2 bridgehead atoms. The van der Waals surface area contributed by atoms with Crippen LogP contribution < -0.4 is 4.90 Å². The summed E-state index contributed by atoms with van der Waals surface area (Å²) >= 11 is 6.13. The molecular weight excluding hydrogens is 440 g/mol. The molecule has 4 aromatic rings. The van der Waals surface area contributed by atoms with Crippen LogP contribution in [0.3, 0.4) is 0 Å². The summed E-state index contributed by atoms with van der Waals surface area (Å²) < 4.78 is 6.07. The Balaban J connectivity index is 1.32. The third-order valence-electron chi connectivity index (χ3n) is 6.69. The number of oxazole rings is 1. The summed E-state index contributed by atoms with van der Waals surface area (Å²) in [4.78, 5) is 24.3. The molecule has 0 spiro atoms. The largest absolute Gasteiger partial charge is 0.423 e. The van der Waals surface area contributed by atoms with Crippen LogP contribution in [0.2, 0.25) is 5.02 Å². The standard InChI is InChI=1S/C24H23ClN6O2/c1-15-2-6-21(31-26-9-10-27-31)19(12-15)23(32)30-14-18-5-4-17(30)8-11-29(18)24-28-20-13-16(25)3-7-22(20)33-24/h2-3,6-7,9-10,12-13,17-18H,4-5,8,11,14H2,1H3/t17-,18-/m0/s1. The average Bonchev–Trinajstić information content (AvgIpc) is 3.41. The summed E-state index contributed by atoms with van der Waals surface area (Å²) in [6.07, 6.45) is 6.05. The Morgan fingerprint density at radius 2 is 1.88 bits per heavy atom. The summed E-state index contributed by atoms with van der Waals surface area (Å²) in [5.74, 6) is 0.0203. The summed E-state index contributed by atoms with van der Waals surface area (Å²) in [6, 6.07) is 12.2. The van der Waals surface area contributed by atoms with E-state index in [0.29, 0.717) is 28.8 Å². The van der Waals surface area contributed by atoms with Crippen molar-refractivity contribution in [2.45, 2.75) is 38.3 Å². The highest BCUT2D eigenvalue weighted by Crippen LogP contribution is 2.34. The van der Waals surface area contributed by atoms with Gasteiger partial charge in [-0.15, -0.1) is 0 Å². The zero-order valence-corrected chi connectivity index (χ0v) is 18.9. The van der Waals surface area contributed by atoms with Gasteiger partial charge in [0.2, 0.25) is 0 Å². The van der Waals surface area contributed by atoms with E-state index >= 15 is 0 Å². The van der Waals surface area contributed by atoms with Gasteiger partial charge in [-0.05, 0) is 56.5 Å². The third kappa shape index (κ3) is 3.54. The van der Waals surface area contributed by atoms with Gasteiger partial charge in [-0.1, -0.05) is 23.2 Å². The Kier molecular flexibility index (Phi) is 4.83. The maximum absolute atomic E-state index is 13.8. The van der Waals surface area contributed by atoms with Gasteiger partial charge < -0.3 is 14.2 Å². The molecule has 168 valence electrons. The fourth-order valence-electron chi connectivity index (χ4n) is 5.04. The highest BCUT2D eigenvalue weighted by molar-refractivity contribution is 6.31. The van der Waals surface area contributed by atoms with Gasteiger partial charge in [0.25, 0.3) is 11.9 Å². The van der Waals surface area contributed by atoms with Crippen molar-refractivity contribution in [2.75, 3.05) is 18.0 Å². The molecule has 5 heterocycles. The van der Waals surface area contributed by atoms with E-state index in [1.165, 1.54) is 4.80 Å². The fraction of sp³-hybridized carbons (Fsp3) is 0.333.